The first-order valence-corrected chi connectivity index (χ1v) is 7.80. The summed E-state index contributed by atoms with van der Waals surface area (Å²) in [6.07, 6.45) is 1.38. The number of fused-ring (bicyclic) bond motifs is 1. The van der Waals surface area contributed by atoms with Crippen LogP contribution in [-0.4, -0.2) is 25.8 Å². The van der Waals surface area contributed by atoms with Gasteiger partial charge in [0.1, 0.15) is 0 Å². The first-order valence-electron chi connectivity index (χ1n) is 7.01. The van der Waals surface area contributed by atoms with Gasteiger partial charge in [0.25, 0.3) is 0 Å². The number of aromatic hydroxyl groups is 1. The number of phenols is 1. The number of nitro groups is 1. The molecule has 0 radical (unpaired) electrons. The van der Waals surface area contributed by atoms with Crippen LogP contribution in [0.3, 0.4) is 0 Å². The van der Waals surface area contributed by atoms with Gasteiger partial charge < -0.3 is 9.67 Å². The van der Waals surface area contributed by atoms with E-state index in [-0.39, 0.29) is 11.3 Å². The molecule has 0 aliphatic rings. The third-order valence-electron chi connectivity index (χ3n) is 3.60. The number of aryl methyl sites for hydroxylation is 2. The summed E-state index contributed by atoms with van der Waals surface area (Å²) in [5, 5.41) is 21.0. The molecule has 0 saturated heterocycles. The summed E-state index contributed by atoms with van der Waals surface area (Å²) in [7, 11) is 1.83. The van der Waals surface area contributed by atoms with Gasteiger partial charge in [-0.2, -0.15) is 0 Å². The molecule has 122 valence electrons. The van der Waals surface area contributed by atoms with Gasteiger partial charge >= 0.3 is 5.69 Å². The molecule has 3 rings (SSSR count). The van der Waals surface area contributed by atoms with E-state index < -0.39 is 10.7 Å². The number of phenolic OH excluding ortho intramolecular Hbond substituents is 1. The van der Waals surface area contributed by atoms with Crippen LogP contribution in [0.5, 0.6) is 5.75 Å². The first-order chi connectivity index (χ1) is 11.4. The summed E-state index contributed by atoms with van der Waals surface area (Å²) >= 11 is 3.41. The summed E-state index contributed by atoms with van der Waals surface area (Å²) in [5.74, 6) is 0.0301. The molecule has 24 heavy (non-hydrogen) atoms. The van der Waals surface area contributed by atoms with Crippen molar-refractivity contribution in [1.29, 1.82) is 0 Å². The molecule has 1 aromatic heterocycles. The number of hydrogen-bond acceptors (Lipinski definition) is 5. The Morgan fingerprint density at radius 1 is 1.38 bits per heavy atom. The third kappa shape index (κ3) is 2.88. The fraction of sp³-hybridized carbons (Fsp3) is 0.125. The fourth-order valence-corrected chi connectivity index (χ4v) is 2.77. The number of halogens is 1. The van der Waals surface area contributed by atoms with Crippen molar-refractivity contribution < 1.29 is 10.0 Å². The number of hydrogen-bond donors (Lipinski definition) is 1. The molecular weight excluding hydrogens is 376 g/mol. The van der Waals surface area contributed by atoms with E-state index in [2.05, 4.69) is 25.9 Å². The molecule has 0 atom stereocenters. The molecule has 0 amide bonds. The van der Waals surface area contributed by atoms with Crippen LogP contribution in [0.1, 0.15) is 11.1 Å². The first kappa shape index (κ1) is 16.1. The van der Waals surface area contributed by atoms with Crippen LogP contribution in [0.25, 0.3) is 11.0 Å². The average molecular weight is 389 g/mol. The lowest BCUT2D eigenvalue weighted by atomic mass is 10.1. The molecule has 0 saturated carbocycles. The minimum absolute atomic E-state index is 0.273. The van der Waals surface area contributed by atoms with Crippen molar-refractivity contribution in [3.8, 4) is 5.75 Å². The van der Waals surface area contributed by atoms with Crippen LogP contribution in [-0.2, 0) is 7.05 Å². The van der Waals surface area contributed by atoms with Crippen LogP contribution in [0.4, 0.5) is 11.6 Å². The molecule has 1 N–H and O–H groups in total. The molecule has 0 fully saturated rings. The summed E-state index contributed by atoms with van der Waals surface area (Å²) in [6.45, 7) is 1.72. The molecule has 0 bridgehead atoms. The van der Waals surface area contributed by atoms with E-state index >= 15 is 0 Å². The van der Waals surface area contributed by atoms with E-state index in [1.165, 1.54) is 12.3 Å². The monoisotopic (exact) mass is 388 g/mol. The number of imidazole rings is 1. The third-order valence-corrected chi connectivity index (χ3v) is 4.09. The maximum Gasteiger partial charge on any atom is 0.311 e. The molecule has 0 aliphatic carbocycles. The highest BCUT2D eigenvalue weighted by Crippen LogP contribution is 2.30. The van der Waals surface area contributed by atoms with Crippen molar-refractivity contribution in [2.24, 2.45) is 12.0 Å². The lowest BCUT2D eigenvalue weighted by Crippen LogP contribution is -1.94. The Morgan fingerprint density at radius 2 is 2.12 bits per heavy atom. The van der Waals surface area contributed by atoms with Gasteiger partial charge in [0.05, 0.1) is 16.0 Å². The Morgan fingerprint density at radius 3 is 2.83 bits per heavy atom. The molecule has 3 aromatic rings. The number of rotatable bonds is 3. The van der Waals surface area contributed by atoms with Crippen LogP contribution in [0.2, 0.25) is 0 Å². The largest absolute Gasteiger partial charge is 0.502 e. The summed E-state index contributed by atoms with van der Waals surface area (Å²) in [6, 6.07) is 8.63. The zero-order chi connectivity index (χ0) is 17.4. The van der Waals surface area contributed by atoms with Crippen molar-refractivity contribution in [1.82, 2.24) is 9.55 Å². The van der Waals surface area contributed by atoms with Crippen LogP contribution in [0.15, 0.2) is 39.8 Å². The van der Waals surface area contributed by atoms with Gasteiger partial charge in [0.15, 0.2) is 0 Å². The molecule has 0 aliphatic heterocycles. The second kappa shape index (κ2) is 6.04. The van der Waals surface area contributed by atoms with Crippen molar-refractivity contribution in [2.45, 2.75) is 6.92 Å². The van der Waals surface area contributed by atoms with Crippen LogP contribution >= 0.6 is 15.9 Å². The van der Waals surface area contributed by atoms with Crippen LogP contribution in [0, 0.1) is 17.0 Å². The standard InChI is InChI=1S/C16H13BrN4O3/c1-9-5-10(15(22)14(6-9)21(23)24)8-18-16-19-12-4-3-11(17)7-13(12)20(16)2/h3-8,22H,1-2H3. The Labute approximate surface area is 145 Å². The van der Waals surface area contributed by atoms with Crippen LogP contribution < -0.4 is 0 Å². The molecular formula is C16H13BrN4O3. The van der Waals surface area contributed by atoms with E-state index in [0.29, 0.717) is 11.5 Å². The lowest BCUT2D eigenvalue weighted by Gasteiger charge is -2.02. The topological polar surface area (TPSA) is 93.5 Å². The molecule has 1 heterocycles. The SMILES string of the molecule is Cc1cc(C=Nc2nc3ccc(Br)cc3n2C)c(O)c([N+](=O)[O-])c1. The van der Waals surface area contributed by atoms with Gasteiger partial charge in [0.2, 0.25) is 11.7 Å². The van der Waals surface area contributed by atoms with Gasteiger partial charge in [-0.15, -0.1) is 0 Å². The van der Waals surface area contributed by atoms with Crippen molar-refractivity contribution in [3.63, 3.8) is 0 Å². The van der Waals surface area contributed by atoms with Gasteiger partial charge in [-0.1, -0.05) is 15.9 Å². The van der Waals surface area contributed by atoms with Crippen molar-refractivity contribution in [3.05, 3.63) is 56.0 Å². The Balaban J connectivity index is 2.06. The van der Waals surface area contributed by atoms with E-state index in [9.17, 15) is 15.2 Å². The maximum absolute atomic E-state index is 11.0. The van der Waals surface area contributed by atoms with E-state index in [0.717, 1.165) is 15.5 Å². The van der Waals surface area contributed by atoms with Crippen molar-refractivity contribution in [2.75, 3.05) is 0 Å². The lowest BCUT2D eigenvalue weighted by molar-refractivity contribution is -0.385. The van der Waals surface area contributed by atoms with Gasteiger partial charge in [-0.3, -0.25) is 10.1 Å². The number of aromatic nitrogens is 2. The van der Waals surface area contributed by atoms with E-state index in [1.807, 2.05) is 25.2 Å². The molecule has 0 unspecified atom stereocenters. The fourth-order valence-electron chi connectivity index (χ4n) is 2.42. The zero-order valence-corrected chi connectivity index (χ0v) is 14.5. The van der Waals surface area contributed by atoms with Crippen molar-refractivity contribution >= 4 is 44.8 Å². The number of benzene rings is 2. The summed E-state index contributed by atoms with van der Waals surface area (Å²) in [5.41, 5.74) is 2.28. The second-order valence-electron chi connectivity index (χ2n) is 5.34. The number of nitrogens with zero attached hydrogens (tertiary/aromatic N) is 4. The van der Waals surface area contributed by atoms with E-state index in [4.69, 9.17) is 0 Å². The highest BCUT2D eigenvalue weighted by molar-refractivity contribution is 9.10. The smallest absolute Gasteiger partial charge is 0.311 e. The number of aliphatic imine (C=N–C) groups is 1. The molecule has 0 spiro atoms. The molecule has 2 aromatic carbocycles. The summed E-state index contributed by atoms with van der Waals surface area (Å²) < 4.78 is 2.73. The Hall–Kier alpha value is -2.74. The van der Waals surface area contributed by atoms with E-state index in [1.54, 1.807) is 17.6 Å². The average Bonchev–Trinajstić information content (AvgIpc) is 2.83. The normalized spacial score (nSPS) is 11.5. The highest BCUT2D eigenvalue weighted by Gasteiger charge is 2.17. The number of nitro benzene ring substituents is 1. The highest BCUT2D eigenvalue weighted by atomic mass is 79.9. The molecule has 8 heteroatoms. The quantitative estimate of drug-likeness (QED) is 0.416. The summed E-state index contributed by atoms with van der Waals surface area (Å²) in [4.78, 5) is 19.0. The second-order valence-corrected chi connectivity index (χ2v) is 6.26. The van der Waals surface area contributed by atoms with Gasteiger partial charge in [0, 0.05) is 29.4 Å². The maximum atomic E-state index is 11.0. The molecule has 7 nitrogen and oxygen atoms in total. The minimum Gasteiger partial charge on any atom is -0.502 e. The Kier molecular flexibility index (Phi) is 4.06. The predicted octanol–water partition coefficient (Wildman–Crippen LogP) is 4.01. The minimum atomic E-state index is -0.619. The zero-order valence-electron chi connectivity index (χ0n) is 12.9. The van der Waals surface area contributed by atoms with Gasteiger partial charge in [-0.05, 0) is 36.8 Å². The predicted molar refractivity (Wildman–Crippen MR) is 95.2 cm³/mol. The van der Waals surface area contributed by atoms with Gasteiger partial charge in [-0.25, -0.2) is 9.98 Å². The Bertz CT molecular complexity index is 995.